The molecule has 0 unspecified atom stereocenters. The molecule has 0 amide bonds. The van der Waals surface area contributed by atoms with Crippen molar-refractivity contribution in [3.63, 3.8) is 0 Å². The van der Waals surface area contributed by atoms with Crippen LogP contribution in [0.15, 0.2) is 26.7 Å². The highest BCUT2D eigenvalue weighted by atomic mass is 79.9. The molecule has 0 saturated carbocycles. The highest BCUT2D eigenvalue weighted by Crippen LogP contribution is 2.32. The number of rotatable bonds is 4. The van der Waals surface area contributed by atoms with Crippen molar-refractivity contribution in [2.45, 2.75) is 12.8 Å². The Hall–Kier alpha value is -1.14. The lowest BCUT2D eigenvalue weighted by atomic mass is 10.2. The van der Waals surface area contributed by atoms with Crippen molar-refractivity contribution >= 4 is 33.2 Å². The molecule has 16 heavy (non-hydrogen) atoms. The third kappa shape index (κ3) is 2.51. The first-order valence-corrected chi connectivity index (χ1v) is 6.17. The van der Waals surface area contributed by atoms with Crippen LogP contribution < -0.4 is 0 Å². The first-order chi connectivity index (χ1) is 7.66. The average Bonchev–Trinajstić information content (AvgIpc) is 2.82. The molecule has 0 fully saturated rings. The van der Waals surface area contributed by atoms with Gasteiger partial charge < -0.3 is 9.52 Å². The number of carbonyl (C=O) groups is 1. The number of aryl methyl sites for hydroxylation is 1. The summed E-state index contributed by atoms with van der Waals surface area (Å²) >= 11 is 4.91. The Morgan fingerprint density at radius 3 is 3.00 bits per heavy atom. The summed E-state index contributed by atoms with van der Waals surface area (Å²) in [6.07, 6.45) is 1.76. The van der Waals surface area contributed by atoms with Crippen molar-refractivity contribution in [2.75, 3.05) is 0 Å². The van der Waals surface area contributed by atoms with Gasteiger partial charge in [-0.15, -0.1) is 11.3 Å². The van der Waals surface area contributed by atoms with Gasteiger partial charge in [-0.1, -0.05) is 0 Å². The van der Waals surface area contributed by atoms with Crippen LogP contribution in [0.25, 0.3) is 10.6 Å². The van der Waals surface area contributed by atoms with E-state index in [0.717, 1.165) is 14.4 Å². The quantitative estimate of drug-likeness (QED) is 0.942. The van der Waals surface area contributed by atoms with Crippen molar-refractivity contribution in [1.82, 2.24) is 4.98 Å². The summed E-state index contributed by atoms with van der Waals surface area (Å²) < 4.78 is 6.20. The lowest BCUT2D eigenvalue weighted by Gasteiger charge is -1.96. The number of carboxylic acids is 1. The minimum Gasteiger partial charge on any atom is -0.481 e. The second-order valence-corrected chi connectivity index (χ2v) is 5.58. The Morgan fingerprint density at radius 2 is 2.38 bits per heavy atom. The van der Waals surface area contributed by atoms with Gasteiger partial charge in [-0.2, -0.15) is 0 Å². The summed E-state index contributed by atoms with van der Waals surface area (Å²) in [6, 6.07) is 3.85. The van der Waals surface area contributed by atoms with Crippen molar-refractivity contribution in [3.8, 4) is 10.6 Å². The fourth-order valence-corrected chi connectivity index (χ4v) is 2.71. The van der Waals surface area contributed by atoms with E-state index in [1.807, 2.05) is 12.1 Å². The van der Waals surface area contributed by atoms with Gasteiger partial charge >= 0.3 is 5.97 Å². The monoisotopic (exact) mass is 301 g/mol. The average molecular weight is 302 g/mol. The fourth-order valence-electron chi connectivity index (χ4n) is 1.31. The molecule has 0 bridgehead atoms. The van der Waals surface area contributed by atoms with Crippen LogP contribution in [-0.2, 0) is 11.2 Å². The van der Waals surface area contributed by atoms with Crippen LogP contribution in [-0.4, -0.2) is 16.1 Å². The van der Waals surface area contributed by atoms with Gasteiger partial charge in [-0.3, -0.25) is 4.79 Å². The molecule has 0 atom stereocenters. The summed E-state index contributed by atoms with van der Waals surface area (Å²) in [5, 5.41) is 8.61. The van der Waals surface area contributed by atoms with Gasteiger partial charge in [0.05, 0.1) is 15.1 Å². The smallest absolute Gasteiger partial charge is 0.303 e. The lowest BCUT2D eigenvalue weighted by Crippen LogP contribution is -1.97. The number of nitrogens with zero attached hydrogens (tertiary/aromatic N) is 1. The number of thiophene rings is 1. The largest absolute Gasteiger partial charge is 0.481 e. The van der Waals surface area contributed by atoms with Crippen molar-refractivity contribution in [1.29, 1.82) is 0 Å². The predicted molar refractivity (Wildman–Crippen MR) is 63.5 cm³/mol. The van der Waals surface area contributed by atoms with E-state index in [2.05, 4.69) is 20.9 Å². The second kappa shape index (κ2) is 4.80. The van der Waals surface area contributed by atoms with Crippen molar-refractivity contribution < 1.29 is 14.3 Å². The molecule has 0 aromatic carbocycles. The van der Waals surface area contributed by atoms with Crippen LogP contribution in [0.5, 0.6) is 0 Å². The van der Waals surface area contributed by atoms with Crippen molar-refractivity contribution in [3.05, 3.63) is 28.1 Å². The third-order valence-corrected chi connectivity index (χ3v) is 3.64. The molecule has 2 heterocycles. The van der Waals surface area contributed by atoms with Gasteiger partial charge in [0.1, 0.15) is 11.5 Å². The molecular formula is C10H8BrNO3S. The molecule has 0 aliphatic heterocycles. The summed E-state index contributed by atoms with van der Waals surface area (Å²) in [6.45, 7) is 0. The van der Waals surface area contributed by atoms with Gasteiger partial charge in [0.25, 0.3) is 0 Å². The molecule has 1 N–H and O–H groups in total. The van der Waals surface area contributed by atoms with E-state index in [9.17, 15) is 4.79 Å². The number of halogens is 1. The van der Waals surface area contributed by atoms with E-state index in [4.69, 9.17) is 9.52 Å². The maximum atomic E-state index is 10.5. The van der Waals surface area contributed by atoms with Crippen LogP contribution in [0.4, 0.5) is 0 Å². The van der Waals surface area contributed by atoms with E-state index in [0.29, 0.717) is 12.2 Å². The van der Waals surface area contributed by atoms with E-state index >= 15 is 0 Å². The highest BCUT2D eigenvalue weighted by Gasteiger charge is 2.13. The summed E-state index contributed by atoms with van der Waals surface area (Å²) in [5.41, 5.74) is 0.733. The topological polar surface area (TPSA) is 63.3 Å². The fraction of sp³-hybridized carbons (Fsp3) is 0.200. The molecule has 0 aliphatic carbocycles. The Morgan fingerprint density at radius 1 is 1.56 bits per heavy atom. The molecule has 0 radical (unpaired) electrons. The van der Waals surface area contributed by atoms with E-state index in [-0.39, 0.29) is 6.42 Å². The van der Waals surface area contributed by atoms with Gasteiger partial charge in [0, 0.05) is 6.42 Å². The Bertz CT molecular complexity index is 506. The Balaban J connectivity index is 2.22. The lowest BCUT2D eigenvalue weighted by molar-refractivity contribution is -0.137. The molecule has 84 valence electrons. The van der Waals surface area contributed by atoms with E-state index in [1.54, 1.807) is 11.3 Å². The SMILES string of the molecule is O=C(O)CCc1ocnc1-c1ccc(Br)s1. The number of hydrogen-bond donors (Lipinski definition) is 1. The maximum absolute atomic E-state index is 10.5. The summed E-state index contributed by atoms with van der Waals surface area (Å²) in [7, 11) is 0. The zero-order chi connectivity index (χ0) is 11.5. The van der Waals surface area contributed by atoms with Gasteiger partial charge in [0.2, 0.25) is 0 Å². The molecule has 2 rings (SSSR count). The first kappa shape index (κ1) is 11.3. The Kier molecular flexibility index (Phi) is 3.40. The summed E-state index contributed by atoms with van der Waals surface area (Å²) in [4.78, 5) is 15.6. The molecule has 2 aromatic rings. The molecule has 0 saturated heterocycles. The van der Waals surface area contributed by atoms with Crippen molar-refractivity contribution in [2.24, 2.45) is 0 Å². The zero-order valence-corrected chi connectivity index (χ0v) is 10.5. The standard InChI is InChI=1S/C10H8BrNO3S/c11-8-3-2-7(16-8)10-6(15-5-12-10)1-4-9(13)14/h2-3,5H,1,4H2,(H,13,14). The molecule has 0 spiro atoms. The maximum Gasteiger partial charge on any atom is 0.303 e. The number of aromatic nitrogens is 1. The van der Waals surface area contributed by atoms with E-state index < -0.39 is 5.97 Å². The molecule has 4 nitrogen and oxygen atoms in total. The highest BCUT2D eigenvalue weighted by molar-refractivity contribution is 9.11. The minimum absolute atomic E-state index is 0.0503. The van der Waals surface area contributed by atoms with Crippen LogP contribution in [0.2, 0.25) is 0 Å². The van der Waals surface area contributed by atoms with E-state index in [1.165, 1.54) is 6.39 Å². The van der Waals surface area contributed by atoms with Gasteiger partial charge in [-0.25, -0.2) is 4.98 Å². The predicted octanol–water partition coefficient (Wildman–Crippen LogP) is 3.18. The normalized spacial score (nSPS) is 10.6. The van der Waals surface area contributed by atoms with Gasteiger partial charge in [-0.05, 0) is 28.1 Å². The minimum atomic E-state index is -0.838. The second-order valence-electron chi connectivity index (χ2n) is 3.12. The molecular weight excluding hydrogens is 294 g/mol. The van der Waals surface area contributed by atoms with Crippen LogP contribution in [0.3, 0.4) is 0 Å². The third-order valence-electron chi connectivity index (χ3n) is 2.01. The number of carboxylic acid groups (broad SMARTS) is 1. The number of hydrogen-bond acceptors (Lipinski definition) is 4. The zero-order valence-electron chi connectivity index (χ0n) is 8.14. The van der Waals surface area contributed by atoms with Gasteiger partial charge in [0.15, 0.2) is 6.39 Å². The molecule has 2 aromatic heterocycles. The number of aliphatic carboxylic acids is 1. The molecule has 6 heteroatoms. The first-order valence-electron chi connectivity index (χ1n) is 4.56. The van der Waals surface area contributed by atoms with Crippen LogP contribution in [0, 0.1) is 0 Å². The molecule has 0 aliphatic rings. The summed E-state index contributed by atoms with van der Waals surface area (Å²) in [5.74, 6) is -0.216. The number of oxazole rings is 1. The van der Waals surface area contributed by atoms with Crippen LogP contribution in [0.1, 0.15) is 12.2 Å². The van der Waals surface area contributed by atoms with Crippen LogP contribution >= 0.6 is 27.3 Å². The Labute approximate surface area is 104 Å².